The van der Waals surface area contributed by atoms with Crippen LogP contribution in [0.2, 0.25) is 0 Å². The first kappa shape index (κ1) is 21.2. The van der Waals surface area contributed by atoms with E-state index >= 15 is 0 Å². The van der Waals surface area contributed by atoms with E-state index < -0.39 is 23.5 Å². The third kappa shape index (κ3) is 3.94. The summed E-state index contributed by atoms with van der Waals surface area (Å²) < 4.78 is 55.9. The molecule has 2 aromatic carbocycles. The van der Waals surface area contributed by atoms with Gasteiger partial charge in [-0.2, -0.15) is 23.0 Å². The second kappa shape index (κ2) is 7.87. The van der Waals surface area contributed by atoms with Crippen LogP contribution in [-0.2, 0) is 6.18 Å². The van der Waals surface area contributed by atoms with Crippen LogP contribution in [0.4, 0.5) is 23.2 Å². The number of hydrogen-bond acceptors (Lipinski definition) is 5. The summed E-state index contributed by atoms with van der Waals surface area (Å²) in [7, 11) is 0. The van der Waals surface area contributed by atoms with Gasteiger partial charge in [-0.15, -0.1) is 5.10 Å². The van der Waals surface area contributed by atoms with Gasteiger partial charge in [-0.05, 0) is 60.7 Å². The molecule has 4 aromatic rings. The topological polar surface area (TPSA) is 90.5 Å². The molecule has 1 N–H and O–H groups in total. The maximum atomic E-state index is 14.3. The highest BCUT2D eigenvalue weighted by atomic mass is 19.4. The van der Waals surface area contributed by atoms with Crippen LogP contribution >= 0.6 is 0 Å². The lowest BCUT2D eigenvalue weighted by molar-refractivity contribution is -0.137. The van der Waals surface area contributed by atoms with Crippen molar-refractivity contribution in [3.05, 3.63) is 77.1 Å². The molecule has 164 valence electrons. The van der Waals surface area contributed by atoms with Crippen molar-refractivity contribution in [1.29, 1.82) is 0 Å². The first-order valence-corrected chi connectivity index (χ1v) is 9.23. The minimum absolute atomic E-state index is 0.0748. The standard InChI is InChI=1S/C20H15F4N7O/c1-11-16(10-25-30(11)14-5-3-4-13(8-14)20(22,23)24)19(32)26-18-9-15(6-7-17(18)21)31-12(2)27-28-29-31/h3-10H,1-2H3,(H,26,32). The van der Waals surface area contributed by atoms with Crippen molar-refractivity contribution in [2.75, 3.05) is 5.32 Å². The number of anilines is 1. The predicted octanol–water partition coefficient (Wildman–Crippen LogP) is 3.88. The van der Waals surface area contributed by atoms with Crippen LogP contribution < -0.4 is 5.32 Å². The summed E-state index contributed by atoms with van der Waals surface area (Å²) in [5.74, 6) is -0.895. The number of carbonyl (C=O) groups is 1. The van der Waals surface area contributed by atoms with Crippen LogP contribution in [0.25, 0.3) is 11.4 Å². The summed E-state index contributed by atoms with van der Waals surface area (Å²) in [5, 5.41) is 17.6. The summed E-state index contributed by atoms with van der Waals surface area (Å²) >= 11 is 0. The van der Waals surface area contributed by atoms with E-state index in [1.54, 1.807) is 6.92 Å². The summed E-state index contributed by atoms with van der Waals surface area (Å²) in [6.45, 7) is 3.19. The molecule has 0 saturated heterocycles. The largest absolute Gasteiger partial charge is 0.416 e. The second-order valence-corrected chi connectivity index (χ2v) is 6.86. The fourth-order valence-electron chi connectivity index (χ4n) is 3.11. The normalized spacial score (nSPS) is 11.6. The van der Waals surface area contributed by atoms with Crippen molar-refractivity contribution in [2.24, 2.45) is 0 Å². The highest BCUT2D eigenvalue weighted by Gasteiger charge is 2.30. The molecule has 0 bridgehead atoms. The Labute approximate surface area is 178 Å². The van der Waals surface area contributed by atoms with Crippen molar-refractivity contribution in [2.45, 2.75) is 20.0 Å². The first-order valence-electron chi connectivity index (χ1n) is 9.23. The smallest absolute Gasteiger partial charge is 0.319 e. The lowest BCUT2D eigenvalue weighted by Gasteiger charge is -2.11. The molecular weight excluding hydrogens is 430 g/mol. The number of nitrogens with one attached hydrogen (secondary N) is 1. The molecule has 0 unspecified atom stereocenters. The van der Waals surface area contributed by atoms with Crippen molar-refractivity contribution in [3.63, 3.8) is 0 Å². The Hall–Kier alpha value is -4.09. The van der Waals surface area contributed by atoms with Gasteiger partial charge in [0.15, 0.2) is 5.82 Å². The van der Waals surface area contributed by atoms with Gasteiger partial charge >= 0.3 is 6.18 Å². The number of nitrogens with zero attached hydrogens (tertiary/aromatic N) is 6. The van der Waals surface area contributed by atoms with Crippen LogP contribution in [-0.4, -0.2) is 35.9 Å². The molecule has 0 aliphatic heterocycles. The van der Waals surface area contributed by atoms with Gasteiger partial charge < -0.3 is 5.32 Å². The number of carbonyl (C=O) groups excluding carboxylic acids is 1. The maximum absolute atomic E-state index is 14.3. The van der Waals surface area contributed by atoms with Crippen LogP contribution in [0.15, 0.2) is 48.7 Å². The molecule has 0 aliphatic carbocycles. The summed E-state index contributed by atoms with van der Waals surface area (Å²) in [6.07, 6.45) is -3.31. The van der Waals surface area contributed by atoms with Crippen LogP contribution in [0.5, 0.6) is 0 Å². The average molecular weight is 445 g/mol. The number of benzene rings is 2. The molecule has 0 atom stereocenters. The van der Waals surface area contributed by atoms with E-state index in [0.29, 0.717) is 11.5 Å². The molecular formula is C20H15F4N7O. The quantitative estimate of drug-likeness (QED) is 0.482. The highest BCUT2D eigenvalue weighted by molar-refractivity contribution is 6.05. The molecule has 0 saturated carbocycles. The summed E-state index contributed by atoms with van der Waals surface area (Å²) in [6, 6.07) is 8.53. The zero-order chi connectivity index (χ0) is 23.0. The van der Waals surface area contributed by atoms with Gasteiger partial charge in [-0.3, -0.25) is 4.79 Å². The molecule has 8 nitrogen and oxygen atoms in total. The second-order valence-electron chi connectivity index (χ2n) is 6.86. The average Bonchev–Trinajstić information content (AvgIpc) is 3.34. The third-order valence-corrected chi connectivity index (χ3v) is 4.74. The van der Waals surface area contributed by atoms with Crippen molar-refractivity contribution in [1.82, 2.24) is 30.0 Å². The van der Waals surface area contributed by atoms with Gasteiger partial charge in [-0.25, -0.2) is 9.07 Å². The zero-order valence-electron chi connectivity index (χ0n) is 16.7. The molecule has 0 radical (unpaired) electrons. The molecule has 0 aliphatic rings. The Kier molecular flexibility index (Phi) is 5.20. The maximum Gasteiger partial charge on any atom is 0.416 e. The zero-order valence-corrected chi connectivity index (χ0v) is 16.7. The lowest BCUT2D eigenvalue weighted by atomic mass is 10.2. The third-order valence-electron chi connectivity index (χ3n) is 4.74. The molecule has 0 fully saturated rings. The van der Waals surface area contributed by atoms with Crippen LogP contribution in [0.3, 0.4) is 0 Å². The molecule has 12 heteroatoms. The Morgan fingerprint density at radius 1 is 1.03 bits per heavy atom. The molecule has 4 rings (SSSR count). The SMILES string of the molecule is Cc1nnnn1-c1ccc(F)c(NC(=O)c2cnn(-c3cccc(C(F)(F)F)c3)c2C)c1. The summed E-state index contributed by atoms with van der Waals surface area (Å²) in [4.78, 5) is 12.8. The van der Waals surface area contributed by atoms with E-state index in [1.807, 2.05) is 0 Å². The van der Waals surface area contributed by atoms with E-state index in [0.717, 1.165) is 18.2 Å². The predicted molar refractivity (Wildman–Crippen MR) is 105 cm³/mol. The fraction of sp³-hybridized carbons (Fsp3) is 0.150. The van der Waals surface area contributed by atoms with Gasteiger partial charge in [0.25, 0.3) is 5.91 Å². The Bertz CT molecular complexity index is 1310. The Morgan fingerprint density at radius 2 is 1.78 bits per heavy atom. The highest BCUT2D eigenvalue weighted by Crippen LogP contribution is 2.30. The van der Waals surface area contributed by atoms with Gasteiger partial charge in [-0.1, -0.05) is 6.07 Å². The van der Waals surface area contributed by atoms with Gasteiger partial charge in [0.2, 0.25) is 0 Å². The number of tetrazole rings is 1. The molecule has 0 spiro atoms. The monoisotopic (exact) mass is 445 g/mol. The molecule has 2 aromatic heterocycles. The molecule has 2 heterocycles. The number of aromatic nitrogens is 6. The number of alkyl halides is 3. The number of halogens is 4. The lowest BCUT2D eigenvalue weighted by Crippen LogP contribution is -2.15. The Morgan fingerprint density at radius 3 is 2.47 bits per heavy atom. The molecule has 32 heavy (non-hydrogen) atoms. The number of rotatable bonds is 4. The number of amides is 1. The van der Waals surface area contributed by atoms with E-state index in [1.165, 1.54) is 46.7 Å². The minimum atomic E-state index is -4.52. The van der Waals surface area contributed by atoms with Crippen molar-refractivity contribution < 1.29 is 22.4 Å². The first-order chi connectivity index (χ1) is 15.1. The van der Waals surface area contributed by atoms with E-state index in [-0.39, 0.29) is 22.6 Å². The minimum Gasteiger partial charge on any atom is -0.319 e. The van der Waals surface area contributed by atoms with Crippen molar-refractivity contribution in [3.8, 4) is 11.4 Å². The molecule has 1 amide bonds. The van der Waals surface area contributed by atoms with Crippen LogP contribution in [0.1, 0.15) is 27.4 Å². The fourth-order valence-corrected chi connectivity index (χ4v) is 3.11. The number of aryl methyl sites for hydroxylation is 1. The Balaban J connectivity index is 1.63. The van der Waals surface area contributed by atoms with Gasteiger partial charge in [0.05, 0.1) is 40.1 Å². The van der Waals surface area contributed by atoms with Gasteiger partial charge in [0, 0.05) is 0 Å². The van der Waals surface area contributed by atoms with Crippen molar-refractivity contribution >= 4 is 11.6 Å². The van der Waals surface area contributed by atoms with Crippen LogP contribution in [0, 0.1) is 19.7 Å². The number of hydrogen-bond donors (Lipinski definition) is 1. The van der Waals surface area contributed by atoms with Gasteiger partial charge in [0.1, 0.15) is 5.82 Å². The van der Waals surface area contributed by atoms with E-state index in [4.69, 9.17) is 0 Å². The summed E-state index contributed by atoms with van der Waals surface area (Å²) in [5.41, 5.74) is -0.0267. The van der Waals surface area contributed by atoms with E-state index in [2.05, 4.69) is 25.9 Å². The van der Waals surface area contributed by atoms with E-state index in [9.17, 15) is 22.4 Å².